The second kappa shape index (κ2) is 8.93. The monoisotopic (exact) mass is 522 g/mol. The van der Waals surface area contributed by atoms with Gasteiger partial charge in [-0.05, 0) is 61.5 Å². The van der Waals surface area contributed by atoms with Crippen molar-refractivity contribution in [1.29, 1.82) is 0 Å². The van der Waals surface area contributed by atoms with Crippen LogP contribution in [0.2, 0.25) is 0 Å². The molecule has 5 rings (SSSR count). The number of fused-ring (bicyclic) bond motifs is 3. The Kier molecular flexibility index (Phi) is 6.09. The van der Waals surface area contributed by atoms with E-state index in [-0.39, 0.29) is 42.8 Å². The van der Waals surface area contributed by atoms with Crippen LogP contribution in [0.5, 0.6) is 0 Å². The summed E-state index contributed by atoms with van der Waals surface area (Å²) in [6.07, 6.45) is 0.876. The van der Waals surface area contributed by atoms with E-state index >= 15 is 0 Å². The number of amides is 1. The van der Waals surface area contributed by atoms with Crippen molar-refractivity contribution in [3.05, 3.63) is 75.0 Å². The average Bonchev–Trinajstić information content (AvgIpc) is 2.86. The Morgan fingerprint density at radius 3 is 2.29 bits per heavy atom. The third kappa shape index (κ3) is 3.48. The van der Waals surface area contributed by atoms with Gasteiger partial charge in [0.1, 0.15) is 22.9 Å². The van der Waals surface area contributed by atoms with E-state index in [1.165, 1.54) is 4.90 Å². The molecule has 10 nitrogen and oxygen atoms in total. The van der Waals surface area contributed by atoms with Crippen molar-refractivity contribution in [2.75, 3.05) is 14.1 Å². The highest BCUT2D eigenvalue weighted by Crippen LogP contribution is 2.56. The number of Topliss-reactive ketones (excluding diaryl/α,β-unsaturated/α-hetero) is 2. The van der Waals surface area contributed by atoms with Gasteiger partial charge in [0.25, 0.3) is 5.91 Å². The van der Waals surface area contributed by atoms with Gasteiger partial charge in [0.2, 0.25) is 0 Å². The molecule has 0 aromatic heterocycles. The molecule has 0 radical (unpaired) electrons. The van der Waals surface area contributed by atoms with Crippen LogP contribution in [0.25, 0.3) is 5.57 Å². The van der Waals surface area contributed by atoms with Crippen LogP contribution in [0.4, 0.5) is 0 Å². The molecule has 0 fully saturated rings. The van der Waals surface area contributed by atoms with Crippen LogP contribution >= 0.6 is 0 Å². The molecule has 1 aromatic rings. The fraction of sp³-hybridized carbons (Fsp3) is 0.393. The van der Waals surface area contributed by atoms with Crippen LogP contribution < -0.4 is 5.73 Å². The molecule has 7 N–H and O–H groups in total. The summed E-state index contributed by atoms with van der Waals surface area (Å²) in [7, 11) is 3.15. The molecule has 4 aliphatic rings. The second-order valence-corrected chi connectivity index (χ2v) is 10.6. The molecule has 0 unspecified atom stereocenters. The summed E-state index contributed by atoms with van der Waals surface area (Å²) >= 11 is 0. The molecule has 0 saturated heterocycles. The van der Waals surface area contributed by atoms with Crippen molar-refractivity contribution in [2.45, 2.75) is 43.9 Å². The lowest BCUT2D eigenvalue weighted by molar-refractivity contribution is -0.136. The quantitative estimate of drug-likeness (QED) is 0.319. The number of hydrogen-bond acceptors (Lipinski definition) is 9. The Bertz CT molecular complexity index is 1400. The number of carbonyl (C=O) groups is 3. The van der Waals surface area contributed by atoms with Crippen molar-refractivity contribution < 1.29 is 39.9 Å². The Hall–Kier alpha value is -3.73. The molecule has 10 heteroatoms. The van der Waals surface area contributed by atoms with Gasteiger partial charge in [-0.2, -0.15) is 0 Å². The third-order valence-electron chi connectivity index (χ3n) is 8.37. The smallest absolute Gasteiger partial charge is 0.255 e. The van der Waals surface area contributed by atoms with Crippen LogP contribution in [0.1, 0.15) is 36.8 Å². The maximum Gasteiger partial charge on any atom is 0.255 e. The van der Waals surface area contributed by atoms with E-state index in [1.54, 1.807) is 26.2 Å². The lowest BCUT2D eigenvalue weighted by Gasteiger charge is -2.50. The van der Waals surface area contributed by atoms with Gasteiger partial charge in [-0.15, -0.1) is 0 Å². The molecule has 1 aromatic carbocycles. The Morgan fingerprint density at radius 1 is 1.05 bits per heavy atom. The first-order chi connectivity index (χ1) is 17.9. The van der Waals surface area contributed by atoms with Crippen molar-refractivity contribution in [3.63, 3.8) is 0 Å². The average molecular weight is 523 g/mol. The molecular weight excluding hydrogens is 492 g/mol. The summed E-state index contributed by atoms with van der Waals surface area (Å²) in [5, 5.41) is 54.8. The number of likely N-dealkylation sites (N-methyl/N-ethyl adjacent to an activating group) is 1. The van der Waals surface area contributed by atoms with Gasteiger partial charge in [0, 0.05) is 17.9 Å². The lowest BCUT2D eigenvalue weighted by Crippen LogP contribution is -2.62. The number of hydrogen-bond donors (Lipinski definition) is 6. The summed E-state index contributed by atoms with van der Waals surface area (Å²) in [4.78, 5) is 39.8. The van der Waals surface area contributed by atoms with Gasteiger partial charge in [0.05, 0.1) is 18.2 Å². The van der Waals surface area contributed by atoms with E-state index < -0.39 is 58.0 Å². The highest BCUT2D eigenvalue weighted by Gasteiger charge is 2.62. The number of aliphatic hydroxyl groups excluding tert-OH is 4. The van der Waals surface area contributed by atoms with Crippen molar-refractivity contribution in [3.8, 4) is 0 Å². The molecule has 0 bridgehead atoms. The Morgan fingerprint density at radius 2 is 1.71 bits per heavy atom. The van der Waals surface area contributed by atoms with Gasteiger partial charge in [-0.25, -0.2) is 0 Å². The zero-order valence-electron chi connectivity index (χ0n) is 21.1. The highest BCUT2D eigenvalue weighted by atomic mass is 16.4. The predicted octanol–water partition coefficient (Wildman–Crippen LogP) is 1.50. The van der Waals surface area contributed by atoms with Crippen LogP contribution in [-0.4, -0.2) is 73.6 Å². The van der Waals surface area contributed by atoms with Crippen LogP contribution in [0.15, 0.2) is 63.8 Å². The fourth-order valence-electron chi connectivity index (χ4n) is 6.62. The number of ketones is 2. The van der Waals surface area contributed by atoms with Gasteiger partial charge >= 0.3 is 0 Å². The van der Waals surface area contributed by atoms with Crippen LogP contribution in [0, 0.1) is 11.8 Å². The molecule has 200 valence electrons. The number of nitrogens with two attached hydrogens (primary N) is 1. The molecule has 0 saturated carbocycles. The maximum absolute atomic E-state index is 13.2. The molecule has 0 spiro atoms. The third-order valence-corrected chi connectivity index (χ3v) is 8.37. The van der Waals surface area contributed by atoms with E-state index in [9.17, 15) is 39.9 Å². The maximum atomic E-state index is 13.2. The number of rotatable bonds is 4. The van der Waals surface area contributed by atoms with Crippen molar-refractivity contribution in [1.82, 2.24) is 4.90 Å². The zero-order chi connectivity index (χ0) is 27.7. The first kappa shape index (κ1) is 25.9. The molecule has 0 heterocycles. The molecule has 0 aliphatic heterocycles. The van der Waals surface area contributed by atoms with Crippen LogP contribution in [0.3, 0.4) is 0 Å². The standard InChI is InChI=1S/C28H30N2O8/c1-30(2)22-17-10-14-9-16-15(13-5-3-12(11-31)4-6-13)7-8-18(32)20(16)23(33)19(14)25(35)28(17,38)26(36)21(24(22)34)27(29)37/h3-6,14,17,22,31,33,35-36,38H,7-11H2,1-2H3,(H2,29,37)/t14-,17-,22-,28-/m0/s1. The number of primary amides is 1. The Labute approximate surface area is 218 Å². The number of carbonyl (C=O) groups excluding carboxylic acids is 3. The number of nitrogens with zero attached hydrogens (tertiary/aromatic N) is 1. The van der Waals surface area contributed by atoms with E-state index in [0.717, 1.165) is 16.7 Å². The zero-order valence-corrected chi connectivity index (χ0v) is 21.1. The van der Waals surface area contributed by atoms with Crippen LogP contribution in [-0.2, 0) is 21.0 Å². The molecule has 1 amide bonds. The highest BCUT2D eigenvalue weighted by molar-refractivity contribution is 6.22. The number of aliphatic hydroxyl groups is 5. The molecule has 4 aliphatic carbocycles. The normalized spacial score (nSPS) is 29.6. The summed E-state index contributed by atoms with van der Waals surface area (Å²) in [5.74, 6) is -6.32. The van der Waals surface area contributed by atoms with Gasteiger partial charge in [0.15, 0.2) is 17.2 Å². The topological polar surface area (TPSA) is 182 Å². The SMILES string of the molecule is CN(C)[C@@H]1C(=O)C(C(N)=O)=C(O)[C@@]2(O)C(O)=C3C(O)=C4C(=O)CCC(c5ccc(CO)cc5)=C4C[C@H]3C[C@@H]12. The van der Waals surface area contributed by atoms with E-state index in [2.05, 4.69) is 0 Å². The van der Waals surface area contributed by atoms with E-state index in [0.29, 0.717) is 12.0 Å². The number of allylic oxidation sites excluding steroid dienone is 4. The molecular formula is C28H30N2O8. The van der Waals surface area contributed by atoms with Gasteiger partial charge in [-0.3, -0.25) is 19.3 Å². The summed E-state index contributed by atoms with van der Waals surface area (Å²) in [6, 6.07) is 6.16. The molecule has 38 heavy (non-hydrogen) atoms. The van der Waals surface area contributed by atoms with Gasteiger partial charge < -0.3 is 31.3 Å². The summed E-state index contributed by atoms with van der Waals surface area (Å²) < 4.78 is 0. The fourth-order valence-corrected chi connectivity index (χ4v) is 6.62. The molecule has 4 atom stereocenters. The van der Waals surface area contributed by atoms with Gasteiger partial charge in [-0.1, -0.05) is 24.3 Å². The first-order valence-electron chi connectivity index (χ1n) is 12.4. The minimum absolute atomic E-state index is 0.0481. The van der Waals surface area contributed by atoms with Crippen molar-refractivity contribution >= 4 is 23.0 Å². The second-order valence-electron chi connectivity index (χ2n) is 10.6. The van der Waals surface area contributed by atoms with E-state index in [1.807, 2.05) is 12.1 Å². The summed E-state index contributed by atoms with van der Waals surface area (Å²) in [6.45, 7) is -0.110. The minimum atomic E-state index is -2.56. The first-order valence-corrected chi connectivity index (χ1v) is 12.4. The summed E-state index contributed by atoms with van der Waals surface area (Å²) in [5.41, 5.74) is 5.01. The van der Waals surface area contributed by atoms with E-state index in [4.69, 9.17) is 5.73 Å². The lowest BCUT2D eigenvalue weighted by atomic mass is 9.58. The van der Waals surface area contributed by atoms with Crippen molar-refractivity contribution in [2.24, 2.45) is 17.6 Å². The largest absolute Gasteiger partial charge is 0.508 e. The number of benzene rings is 1. The predicted molar refractivity (Wildman–Crippen MR) is 135 cm³/mol. The Balaban J connectivity index is 1.75. The minimum Gasteiger partial charge on any atom is -0.508 e.